The average Bonchev–Trinajstić information content (AvgIpc) is 2.97. The summed E-state index contributed by atoms with van der Waals surface area (Å²) in [6, 6.07) is 11.7. The molecule has 2 heterocycles. The molecule has 3 rings (SSSR count). The van der Waals surface area contributed by atoms with Gasteiger partial charge in [0.25, 0.3) is 0 Å². The molecule has 0 aliphatic rings. The standard InChI is InChI=1S/C15H9FN4/c16-11-5-3-10(4-6-11)15-13(9-19-20-15)12-2-1-7-18-14(12)8-17/h1-7,9H,(H,19,20). The van der Waals surface area contributed by atoms with E-state index in [0.29, 0.717) is 11.3 Å². The van der Waals surface area contributed by atoms with Crippen molar-refractivity contribution in [2.75, 3.05) is 0 Å². The zero-order valence-electron chi connectivity index (χ0n) is 10.3. The van der Waals surface area contributed by atoms with Gasteiger partial charge < -0.3 is 0 Å². The maximum atomic E-state index is 13.0. The molecule has 0 atom stereocenters. The van der Waals surface area contributed by atoms with Crippen molar-refractivity contribution in [2.45, 2.75) is 0 Å². The quantitative estimate of drug-likeness (QED) is 0.773. The number of rotatable bonds is 2. The van der Waals surface area contributed by atoms with Crippen LogP contribution in [-0.4, -0.2) is 15.2 Å². The molecule has 20 heavy (non-hydrogen) atoms. The molecule has 0 saturated heterocycles. The molecule has 0 bridgehead atoms. The second-order valence-corrected chi connectivity index (χ2v) is 4.18. The second-order valence-electron chi connectivity index (χ2n) is 4.18. The van der Waals surface area contributed by atoms with Crippen molar-refractivity contribution < 1.29 is 4.39 Å². The van der Waals surface area contributed by atoms with Crippen LogP contribution in [0.2, 0.25) is 0 Å². The first-order valence-corrected chi connectivity index (χ1v) is 5.94. The van der Waals surface area contributed by atoms with Crippen molar-refractivity contribution in [3.05, 3.63) is 60.3 Å². The highest BCUT2D eigenvalue weighted by Gasteiger charge is 2.13. The number of hydrogen-bond donors (Lipinski definition) is 1. The molecule has 0 fully saturated rings. The fourth-order valence-corrected chi connectivity index (χ4v) is 2.04. The third kappa shape index (κ3) is 2.04. The van der Waals surface area contributed by atoms with Crippen LogP contribution < -0.4 is 0 Å². The molecular weight excluding hydrogens is 255 g/mol. The van der Waals surface area contributed by atoms with Crippen LogP contribution in [0.15, 0.2) is 48.8 Å². The summed E-state index contributed by atoms with van der Waals surface area (Å²) >= 11 is 0. The van der Waals surface area contributed by atoms with E-state index in [9.17, 15) is 4.39 Å². The monoisotopic (exact) mass is 264 g/mol. The third-order valence-corrected chi connectivity index (χ3v) is 2.98. The Labute approximate surface area is 114 Å². The molecule has 0 spiro atoms. The van der Waals surface area contributed by atoms with E-state index in [1.165, 1.54) is 12.1 Å². The molecule has 4 nitrogen and oxygen atoms in total. The Morgan fingerprint density at radius 1 is 1.10 bits per heavy atom. The normalized spacial score (nSPS) is 10.2. The second kappa shape index (κ2) is 4.94. The molecule has 0 radical (unpaired) electrons. The number of H-pyrrole nitrogens is 1. The zero-order valence-corrected chi connectivity index (χ0v) is 10.3. The maximum absolute atomic E-state index is 13.0. The number of halogens is 1. The smallest absolute Gasteiger partial charge is 0.148 e. The Morgan fingerprint density at radius 2 is 1.90 bits per heavy atom. The number of nitriles is 1. The number of pyridine rings is 1. The molecule has 96 valence electrons. The van der Waals surface area contributed by atoms with Crippen molar-refractivity contribution in [3.8, 4) is 28.5 Å². The Balaban J connectivity index is 2.16. The minimum Gasteiger partial charge on any atom is -0.277 e. The summed E-state index contributed by atoms with van der Waals surface area (Å²) in [4.78, 5) is 4.04. The Kier molecular flexibility index (Phi) is 2.98. The Bertz CT molecular complexity index is 784. The van der Waals surface area contributed by atoms with Gasteiger partial charge in [0.15, 0.2) is 0 Å². The topological polar surface area (TPSA) is 65.4 Å². The fraction of sp³-hybridized carbons (Fsp3) is 0. The van der Waals surface area contributed by atoms with Gasteiger partial charge in [-0.1, -0.05) is 0 Å². The highest BCUT2D eigenvalue weighted by atomic mass is 19.1. The highest BCUT2D eigenvalue weighted by Crippen LogP contribution is 2.31. The van der Waals surface area contributed by atoms with E-state index < -0.39 is 0 Å². The summed E-state index contributed by atoms with van der Waals surface area (Å²) in [7, 11) is 0. The number of aromatic amines is 1. The minimum absolute atomic E-state index is 0.297. The van der Waals surface area contributed by atoms with Gasteiger partial charge in [-0.3, -0.25) is 5.10 Å². The predicted octanol–water partition coefficient (Wildman–Crippen LogP) is 3.15. The largest absolute Gasteiger partial charge is 0.277 e. The summed E-state index contributed by atoms with van der Waals surface area (Å²) in [5.74, 6) is -0.297. The maximum Gasteiger partial charge on any atom is 0.148 e. The Morgan fingerprint density at radius 3 is 2.65 bits per heavy atom. The fourth-order valence-electron chi connectivity index (χ4n) is 2.04. The summed E-state index contributed by atoms with van der Waals surface area (Å²) in [5.41, 5.74) is 3.32. The van der Waals surface area contributed by atoms with Gasteiger partial charge in [-0.05, 0) is 36.4 Å². The van der Waals surface area contributed by atoms with E-state index >= 15 is 0 Å². The molecule has 0 amide bonds. The van der Waals surface area contributed by atoms with Crippen LogP contribution in [0.1, 0.15) is 5.69 Å². The van der Waals surface area contributed by atoms with Crippen LogP contribution >= 0.6 is 0 Å². The number of nitrogens with one attached hydrogen (secondary N) is 1. The van der Waals surface area contributed by atoms with Gasteiger partial charge in [-0.15, -0.1) is 0 Å². The van der Waals surface area contributed by atoms with Gasteiger partial charge in [0, 0.05) is 22.9 Å². The van der Waals surface area contributed by atoms with E-state index in [1.54, 1.807) is 30.6 Å². The molecule has 0 unspecified atom stereocenters. The van der Waals surface area contributed by atoms with E-state index in [4.69, 9.17) is 5.26 Å². The molecule has 0 aliphatic carbocycles. The van der Waals surface area contributed by atoms with E-state index in [1.807, 2.05) is 6.07 Å². The first kappa shape index (κ1) is 12.1. The number of aromatic nitrogens is 3. The first-order chi connectivity index (χ1) is 9.79. The van der Waals surface area contributed by atoms with Crippen molar-refractivity contribution in [2.24, 2.45) is 0 Å². The van der Waals surface area contributed by atoms with Gasteiger partial charge in [0.05, 0.1) is 11.9 Å². The predicted molar refractivity (Wildman–Crippen MR) is 71.9 cm³/mol. The van der Waals surface area contributed by atoms with Gasteiger partial charge in [0.2, 0.25) is 0 Å². The molecule has 1 aromatic carbocycles. The summed E-state index contributed by atoms with van der Waals surface area (Å²) < 4.78 is 13.0. The molecule has 3 aromatic rings. The van der Waals surface area contributed by atoms with Crippen LogP contribution in [0.5, 0.6) is 0 Å². The van der Waals surface area contributed by atoms with Gasteiger partial charge >= 0.3 is 0 Å². The van der Waals surface area contributed by atoms with Crippen molar-refractivity contribution >= 4 is 0 Å². The van der Waals surface area contributed by atoms with Crippen LogP contribution in [0, 0.1) is 17.1 Å². The number of nitrogens with zero attached hydrogens (tertiary/aromatic N) is 3. The lowest BCUT2D eigenvalue weighted by molar-refractivity contribution is 0.628. The van der Waals surface area contributed by atoms with Crippen LogP contribution in [0.4, 0.5) is 4.39 Å². The SMILES string of the molecule is N#Cc1ncccc1-c1cn[nH]c1-c1ccc(F)cc1. The summed E-state index contributed by atoms with van der Waals surface area (Å²) in [6.45, 7) is 0. The lowest BCUT2D eigenvalue weighted by Crippen LogP contribution is -1.89. The molecule has 0 saturated carbocycles. The van der Waals surface area contributed by atoms with Gasteiger partial charge in [-0.25, -0.2) is 9.37 Å². The number of hydrogen-bond acceptors (Lipinski definition) is 3. The van der Waals surface area contributed by atoms with Crippen molar-refractivity contribution in [3.63, 3.8) is 0 Å². The van der Waals surface area contributed by atoms with E-state index in [2.05, 4.69) is 21.3 Å². The van der Waals surface area contributed by atoms with Crippen LogP contribution in [0.25, 0.3) is 22.4 Å². The Hall–Kier alpha value is -3.00. The lowest BCUT2D eigenvalue weighted by atomic mass is 10.0. The highest BCUT2D eigenvalue weighted by molar-refractivity contribution is 5.82. The molecule has 0 aliphatic heterocycles. The third-order valence-electron chi connectivity index (χ3n) is 2.98. The van der Waals surface area contributed by atoms with Crippen LogP contribution in [-0.2, 0) is 0 Å². The lowest BCUT2D eigenvalue weighted by Gasteiger charge is -2.04. The summed E-state index contributed by atoms with van der Waals surface area (Å²) in [5, 5.41) is 16.0. The molecular formula is C15H9FN4. The minimum atomic E-state index is -0.297. The molecule has 5 heteroatoms. The average molecular weight is 264 g/mol. The van der Waals surface area contributed by atoms with Gasteiger partial charge in [-0.2, -0.15) is 10.4 Å². The van der Waals surface area contributed by atoms with Crippen molar-refractivity contribution in [1.29, 1.82) is 5.26 Å². The number of benzene rings is 1. The van der Waals surface area contributed by atoms with E-state index in [0.717, 1.165) is 16.8 Å². The van der Waals surface area contributed by atoms with Crippen LogP contribution in [0.3, 0.4) is 0 Å². The summed E-state index contributed by atoms with van der Waals surface area (Å²) in [6.07, 6.45) is 3.20. The van der Waals surface area contributed by atoms with E-state index in [-0.39, 0.29) is 5.82 Å². The molecule has 2 aromatic heterocycles. The van der Waals surface area contributed by atoms with Crippen molar-refractivity contribution in [1.82, 2.24) is 15.2 Å². The van der Waals surface area contributed by atoms with Gasteiger partial charge in [0.1, 0.15) is 17.6 Å². The molecule has 1 N–H and O–H groups in total. The zero-order chi connectivity index (χ0) is 13.9. The first-order valence-electron chi connectivity index (χ1n) is 5.94.